The van der Waals surface area contributed by atoms with Crippen LogP contribution in [0.4, 0.5) is 13.2 Å². The van der Waals surface area contributed by atoms with Crippen molar-refractivity contribution in [1.82, 2.24) is 14.9 Å². The Balaban J connectivity index is 2.41. The second kappa shape index (κ2) is 6.44. The third kappa shape index (κ3) is 3.54. The predicted octanol–water partition coefficient (Wildman–Crippen LogP) is 2.81. The second-order valence-corrected chi connectivity index (χ2v) is 4.76. The van der Waals surface area contributed by atoms with Crippen molar-refractivity contribution in [2.24, 2.45) is 0 Å². The molecule has 0 unspecified atom stereocenters. The van der Waals surface area contributed by atoms with Crippen LogP contribution in [0.2, 0.25) is 0 Å². The minimum atomic E-state index is -4.35. The van der Waals surface area contributed by atoms with Gasteiger partial charge in [0.25, 0.3) is 0 Å². The van der Waals surface area contributed by atoms with Gasteiger partial charge in [0.2, 0.25) is 0 Å². The van der Waals surface area contributed by atoms with E-state index in [1.807, 2.05) is 4.57 Å². The van der Waals surface area contributed by atoms with Gasteiger partial charge in [-0.1, -0.05) is 0 Å². The molecule has 1 N–H and O–H groups in total. The molecule has 1 heterocycles. The molecule has 2 rings (SSSR count). The van der Waals surface area contributed by atoms with Crippen molar-refractivity contribution in [3.05, 3.63) is 29.6 Å². The minimum Gasteiger partial charge on any atom is -0.385 e. The van der Waals surface area contributed by atoms with Gasteiger partial charge < -0.3 is 14.6 Å². The number of fused-ring (bicyclic) bond motifs is 1. The third-order valence-electron chi connectivity index (χ3n) is 3.22. The van der Waals surface area contributed by atoms with Crippen LogP contribution < -0.4 is 5.32 Å². The van der Waals surface area contributed by atoms with E-state index in [9.17, 15) is 13.2 Å². The molecule has 116 valence electrons. The maximum atomic E-state index is 12.8. The number of aromatic nitrogens is 2. The molecule has 4 nitrogen and oxygen atoms in total. The lowest BCUT2D eigenvalue weighted by Gasteiger charge is -2.09. The molecule has 7 heteroatoms. The van der Waals surface area contributed by atoms with Gasteiger partial charge >= 0.3 is 6.18 Å². The van der Waals surface area contributed by atoms with Gasteiger partial charge in [-0.05, 0) is 31.7 Å². The Morgan fingerprint density at radius 1 is 1.33 bits per heavy atom. The summed E-state index contributed by atoms with van der Waals surface area (Å²) in [6.45, 7) is 1.76. The number of hydrogen-bond donors (Lipinski definition) is 1. The molecule has 1 aromatic heterocycles. The second-order valence-electron chi connectivity index (χ2n) is 4.76. The molecule has 0 aliphatic carbocycles. The van der Waals surface area contributed by atoms with Crippen LogP contribution in [0.3, 0.4) is 0 Å². The average Bonchev–Trinajstić information content (AvgIpc) is 2.76. The van der Waals surface area contributed by atoms with Crippen LogP contribution in [0.1, 0.15) is 17.8 Å². The van der Waals surface area contributed by atoms with Gasteiger partial charge in [0.15, 0.2) is 0 Å². The summed E-state index contributed by atoms with van der Waals surface area (Å²) in [7, 11) is 3.40. The average molecular weight is 301 g/mol. The molecule has 0 spiro atoms. The molecule has 1 aromatic carbocycles. The first-order valence-electron chi connectivity index (χ1n) is 6.67. The molecular weight excluding hydrogens is 283 g/mol. The molecule has 0 atom stereocenters. The molecule has 0 saturated heterocycles. The van der Waals surface area contributed by atoms with E-state index in [4.69, 9.17) is 4.74 Å². The number of alkyl halides is 3. The molecule has 0 bridgehead atoms. The van der Waals surface area contributed by atoms with Crippen LogP contribution in [0.25, 0.3) is 11.0 Å². The highest BCUT2D eigenvalue weighted by Gasteiger charge is 2.31. The Morgan fingerprint density at radius 3 is 2.71 bits per heavy atom. The van der Waals surface area contributed by atoms with Crippen molar-refractivity contribution >= 4 is 11.0 Å². The van der Waals surface area contributed by atoms with Crippen LogP contribution in [-0.2, 0) is 24.0 Å². The number of methoxy groups -OCH3 is 1. The highest BCUT2D eigenvalue weighted by Crippen LogP contribution is 2.31. The van der Waals surface area contributed by atoms with Crippen LogP contribution in [0, 0.1) is 0 Å². The zero-order valence-electron chi connectivity index (χ0n) is 12.0. The summed E-state index contributed by atoms with van der Waals surface area (Å²) in [5.74, 6) is 0.725. The summed E-state index contributed by atoms with van der Waals surface area (Å²) in [5.41, 5.74) is 0.407. The van der Waals surface area contributed by atoms with Gasteiger partial charge in [0, 0.05) is 20.3 Å². The first kappa shape index (κ1) is 15.8. The van der Waals surface area contributed by atoms with E-state index in [-0.39, 0.29) is 0 Å². The summed E-state index contributed by atoms with van der Waals surface area (Å²) in [4.78, 5) is 4.31. The number of ether oxygens (including phenoxy) is 1. The van der Waals surface area contributed by atoms with Crippen molar-refractivity contribution in [1.29, 1.82) is 0 Å². The summed E-state index contributed by atoms with van der Waals surface area (Å²) < 4.78 is 45.2. The monoisotopic (exact) mass is 301 g/mol. The van der Waals surface area contributed by atoms with E-state index in [1.54, 1.807) is 14.2 Å². The van der Waals surface area contributed by atoms with Gasteiger partial charge in [0.05, 0.1) is 23.1 Å². The Bertz CT molecular complexity index is 607. The first-order valence-corrected chi connectivity index (χ1v) is 6.67. The summed E-state index contributed by atoms with van der Waals surface area (Å²) in [5, 5.41) is 2.98. The molecule has 0 fully saturated rings. The Morgan fingerprint density at radius 2 is 2.10 bits per heavy atom. The summed E-state index contributed by atoms with van der Waals surface area (Å²) >= 11 is 0. The fourth-order valence-electron chi connectivity index (χ4n) is 2.27. The third-order valence-corrected chi connectivity index (χ3v) is 3.22. The maximum Gasteiger partial charge on any atom is 0.416 e. The normalized spacial score (nSPS) is 12.2. The smallest absolute Gasteiger partial charge is 0.385 e. The molecule has 0 saturated carbocycles. The van der Waals surface area contributed by atoms with E-state index in [2.05, 4.69) is 10.3 Å². The molecule has 2 aromatic rings. The van der Waals surface area contributed by atoms with E-state index in [0.29, 0.717) is 30.7 Å². The standard InChI is InChI=1S/C14H18F3N3O/c1-18-9-13-19-11-8-10(14(15,16)17)4-5-12(11)20(13)6-3-7-21-2/h4-5,8,18H,3,6-7,9H2,1-2H3. The van der Waals surface area contributed by atoms with Gasteiger partial charge in [-0.25, -0.2) is 4.98 Å². The SMILES string of the molecule is CNCc1nc2cc(C(F)(F)F)ccc2n1CCCOC. The highest BCUT2D eigenvalue weighted by molar-refractivity contribution is 5.77. The first-order chi connectivity index (χ1) is 9.97. The van der Waals surface area contributed by atoms with Gasteiger partial charge in [-0.3, -0.25) is 0 Å². The van der Waals surface area contributed by atoms with Crippen molar-refractivity contribution in [2.45, 2.75) is 25.7 Å². The fraction of sp³-hybridized carbons (Fsp3) is 0.500. The Labute approximate surface area is 120 Å². The van der Waals surface area contributed by atoms with E-state index in [0.717, 1.165) is 24.4 Å². The highest BCUT2D eigenvalue weighted by atomic mass is 19.4. The van der Waals surface area contributed by atoms with Crippen LogP contribution in [-0.4, -0.2) is 30.3 Å². The number of halogens is 3. The minimum absolute atomic E-state index is 0.368. The van der Waals surface area contributed by atoms with Gasteiger partial charge in [-0.2, -0.15) is 13.2 Å². The molecular formula is C14H18F3N3O. The predicted molar refractivity (Wildman–Crippen MR) is 74.0 cm³/mol. The van der Waals surface area contributed by atoms with Gasteiger partial charge in [0.1, 0.15) is 5.82 Å². The maximum absolute atomic E-state index is 12.8. The van der Waals surface area contributed by atoms with Crippen molar-refractivity contribution in [3.63, 3.8) is 0 Å². The molecule has 0 aliphatic rings. The molecule has 0 aliphatic heterocycles. The Kier molecular flexibility index (Phi) is 4.84. The van der Waals surface area contributed by atoms with Crippen LogP contribution in [0.15, 0.2) is 18.2 Å². The van der Waals surface area contributed by atoms with Crippen molar-refractivity contribution < 1.29 is 17.9 Å². The zero-order valence-corrected chi connectivity index (χ0v) is 12.0. The number of aryl methyl sites for hydroxylation is 1. The fourth-order valence-corrected chi connectivity index (χ4v) is 2.27. The largest absolute Gasteiger partial charge is 0.416 e. The zero-order chi connectivity index (χ0) is 15.5. The lowest BCUT2D eigenvalue weighted by molar-refractivity contribution is -0.137. The van der Waals surface area contributed by atoms with E-state index >= 15 is 0 Å². The van der Waals surface area contributed by atoms with Crippen molar-refractivity contribution in [2.75, 3.05) is 20.8 Å². The summed E-state index contributed by atoms with van der Waals surface area (Å²) in [6, 6.07) is 3.68. The van der Waals surface area contributed by atoms with Crippen molar-refractivity contribution in [3.8, 4) is 0 Å². The van der Waals surface area contributed by atoms with Crippen LogP contribution >= 0.6 is 0 Å². The lowest BCUT2D eigenvalue weighted by atomic mass is 10.2. The summed E-state index contributed by atoms with van der Waals surface area (Å²) in [6.07, 6.45) is -3.57. The molecule has 0 amide bonds. The number of nitrogens with one attached hydrogen (secondary N) is 1. The van der Waals surface area contributed by atoms with Crippen LogP contribution in [0.5, 0.6) is 0 Å². The van der Waals surface area contributed by atoms with E-state index in [1.165, 1.54) is 6.07 Å². The molecule has 21 heavy (non-hydrogen) atoms. The van der Waals surface area contributed by atoms with E-state index < -0.39 is 11.7 Å². The van der Waals surface area contributed by atoms with Gasteiger partial charge in [-0.15, -0.1) is 0 Å². The number of nitrogens with zero attached hydrogens (tertiary/aromatic N) is 2. The number of hydrogen-bond acceptors (Lipinski definition) is 3. The number of rotatable bonds is 6. The number of imidazole rings is 1. The lowest BCUT2D eigenvalue weighted by Crippen LogP contribution is -2.13. The molecule has 0 radical (unpaired) electrons. The quantitative estimate of drug-likeness (QED) is 0.834. The Hall–Kier alpha value is -1.60. The topological polar surface area (TPSA) is 39.1 Å². The number of benzene rings is 1.